The number of halogens is 2. The summed E-state index contributed by atoms with van der Waals surface area (Å²) in [5.41, 5.74) is 1.66. The number of anilines is 1. The van der Waals surface area contributed by atoms with Gasteiger partial charge in [-0.25, -0.2) is 8.42 Å². The average Bonchev–Trinajstić information content (AvgIpc) is 2.91. The van der Waals surface area contributed by atoms with Gasteiger partial charge in [0.1, 0.15) is 12.6 Å². The SMILES string of the molecule is CCCCNC(=O)[C@H](Cc1ccccc1)N(Cc1c(Cl)cccc1Cl)C(=O)CN(c1ccccc1)S(C)(=O)=O. The summed E-state index contributed by atoms with van der Waals surface area (Å²) >= 11 is 12.9. The lowest BCUT2D eigenvalue weighted by molar-refractivity contribution is -0.140. The summed E-state index contributed by atoms with van der Waals surface area (Å²) in [5, 5.41) is 3.62. The fourth-order valence-corrected chi connectivity index (χ4v) is 5.49. The van der Waals surface area contributed by atoms with Crippen LogP contribution in [0.4, 0.5) is 5.69 Å². The Bertz CT molecular complexity index is 1340. The molecule has 0 radical (unpaired) electrons. The van der Waals surface area contributed by atoms with Crippen LogP contribution in [0.2, 0.25) is 10.0 Å². The Hall–Kier alpha value is -3.07. The Labute approximate surface area is 240 Å². The highest BCUT2D eigenvalue weighted by Gasteiger charge is 2.33. The largest absolute Gasteiger partial charge is 0.354 e. The molecule has 0 aliphatic rings. The van der Waals surface area contributed by atoms with Crippen LogP contribution in [0.15, 0.2) is 78.9 Å². The fourth-order valence-electron chi connectivity index (χ4n) is 4.12. The van der Waals surface area contributed by atoms with E-state index in [1.165, 1.54) is 4.90 Å². The van der Waals surface area contributed by atoms with E-state index in [1.54, 1.807) is 48.5 Å². The minimum absolute atomic E-state index is 0.0809. The van der Waals surface area contributed by atoms with E-state index in [2.05, 4.69) is 5.32 Å². The molecule has 2 amide bonds. The third-order valence-corrected chi connectivity index (χ3v) is 8.06. The van der Waals surface area contributed by atoms with E-state index in [4.69, 9.17) is 23.2 Å². The van der Waals surface area contributed by atoms with Gasteiger partial charge in [0.2, 0.25) is 21.8 Å². The predicted molar refractivity (Wildman–Crippen MR) is 157 cm³/mol. The summed E-state index contributed by atoms with van der Waals surface area (Å²) in [6.45, 7) is 1.89. The number of para-hydroxylation sites is 1. The van der Waals surface area contributed by atoms with Gasteiger partial charge in [-0.15, -0.1) is 0 Å². The van der Waals surface area contributed by atoms with E-state index in [0.29, 0.717) is 27.8 Å². The highest BCUT2D eigenvalue weighted by Crippen LogP contribution is 2.28. The number of nitrogens with zero attached hydrogens (tertiary/aromatic N) is 2. The van der Waals surface area contributed by atoms with Crippen LogP contribution in [-0.2, 0) is 32.6 Å². The normalized spacial score (nSPS) is 12.0. The van der Waals surface area contributed by atoms with Crippen LogP contribution >= 0.6 is 23.2 Å². The monoisotopic (exact) mass is 589 g/mol. The van der Waals surface area contributed by atoms with E-state index in [9.17, 15) is 18.0 Å². The summed E-state index contributed by atoms with van der Waals surface area (Å²) in [6, 6.07) is 21.8. The van der Waals surface area contributed by atoms with E-state index >= 15 is 0 Å². The second-order valence-electron chi connectivity index (χ2n) is 9.18. The summed E-state index contributed by atoms with van der Waals surface area (Å²) in [6.07, 6.45) is 2.93. The number of benzene rings is 3. The molecule has 0 saturated heterocycles. The molecule has 208 valence electrons. The van der Waals surface area contributed by atoms with Gasteiger partial charge >= 0.3 is 0 Å². The molecule has 0 heterocycles. The molecule has 1 N–H and O–H groups in total. The standard InChI is InChI=1S/C29H33Cl2N3O4S/c1-3-4-18-32-29(36)27(19-22-12-7-5-8-13-22)33(20-24-25(30)16-11-17-26(24)31)28(35)21-34(39(2,37)38)23-14-9-6-10-15-23/h5-17,27H,3-4,18-21H2,1-2H3,(H,32,36)/t27-/m0/s1. The maximum absolute atomic E-state index is 14.0. The Morgan fingerprint density at radius 1 is 0.897 bits per heavy atom. The number of rotatable bonds is 13. The molecule has 0 aliphatic heterocycles. The van der Waals surface area contributed by atoms with Crippen molar-refractivity contribution in [3.05, 3.63) is 100 Å². The van der Waals surface area contributed by atoms with Gasteiger partial charge in [0.25, 0.3) is 0 Å². The zero-order chi connectivity index (χ0) is 28.4. The maximum Gasteiger partial charge on any atom is 0.244 e. The smallest absolute Gasteiger partial charge is 0.244 e. The topological polar surface area (TPSA) is 86.8 Å². The first-order valence-electron chi connectivity index (χ1n) is 12.7. The van der Waals surface area contributed by atoms with Crippen LogP contribution in [0.1, 0.15) is 30.9 Å². The summed E-state index contributed by atoms with van der Waals surface area (Å²) in [5.74, 6) is -0.902. The zero-order valence-corrected chi connectivity index (χ0v) is 24.3. The Morgan fingerprint density at radius 2 is 1.49 bits per heavy atom. The van der Waals surface area contributed by atoms with Crippen LogP contribution in [0.3, 0.4) is 0 Å². The number of carbonyl (C=O) groups is 2. The molecule has 3 aromatic carbocycles. The molecule has 1 atom stereocenters. The van der Waals surface area contributed by atoms with E-state index in [-0.39, 0.29) is 18.9 Å². The van der Waals surface area contributed by atoms with Crippen LogP contribution in [0.5, 0.6) is 0 Å². The highest BCUT2D eigenvalue weighted by molar-refractivity contribution is 7.92. The number of nitrogens with one attached hydrogen (secondary N) is 1. The zero-order valence-electron chi connectivity index (χ0n) is 22.0. The van der Waals surface area contributed by atoms with Gasteiger partial charge in [-0.3, -0.25) is 13.9 Å². The van der Waals surface area contributed by atoms with Crippen LogP contribution in [0.25, 0.3) is 0 Å². The summed E-state index contributed by atoms with van der Waals surface area (Å²) in [4.78, 5) is 29.0. The second-order valence-corrected chi connectivity index (χ2v) is 11.9. The maximum atomic E-state index is 14.0. The summed E-state index contributed by atoms with van der Waals surface area (Å²) < 4.78 is 26.6. The second kappa shape index (κ2) is 14.4. The van der Waals surface area contributed by atoms with E-state index in [0.717, 1.165) is 29.0 Å². The first-order chi connectivity index (χ1) is 18.6. The van der Waals surface area contributed by atoms with Crippen molar-refractivity contribution in [2.24, 2.45) is 0 Å². The first-order valence-corrected chi connectivity index (χ1v) is 15.3. The first kappa shape index (κ1) is 30.5. The fraction of sp³-hybridized carbons (Fsp3) is 0.310. The van der Waals surface area contributed by atoms with Crippen molar-refractivity contribution in [1.29, 1.82) is 0 Å². The van der Waals surface area contributed by atoms with Gasteiger partial charge in [0.05, 0.1) is 11.9 Å². The summed E-state index contributed by atoms with van der Waals surface area (Å²) in [7, 11) is -3.82. The van der Waals surface area contributed by atoms with Crippen molar-refractivity contribution in [3.8, 4) is 0 Å². The number of hydrogen-bond acceptors (Lipinski definition) is 4. The van der Waals surface area contributed by atoms with Gasteiger partial charge in [0.15, 0.2) is 0 Å². The van der Waals surface area contributed by atoms with Crippen molar-refractivity contribution in [2.75, 3.05) is 23.7 Å². The minimum atomic E-state index is -3.82. The number of sulfonamides is 1. The number of carbonyl (C=O) groups excluding carboxylic acids is 2. The Kier molecular flexibility index (Phi) is 11.2. The molecule has 0 saturated carbocycles. The lowest BCUT2D eigenvalue weighted by Gasteiger charge is -2.34. The molecule has 3 aromatic rings. The van der Waals surface area contributed by atoms with Crippen LogP contribution in [0, 0.1) is 0 Å². The third-order valence-electron chi connectivity index (χ3n) is 6.21. The van der Waals surface area contributed by atoms with Crippen molar-refractivity contribution < 1.29 is 18.0 Å². The molecular weight excluding hydrogens is 557 g/mol. The third kappa shape index (κ3) is 8.71. The van der Waals surface area contributed by atoms with Crippen molar-refractivity contribution >= 4 is 50.7 Å². The number of hydrogen-bond donors (Lipinski definition) is 1. The molecule has 10 heteroatoms. The van der Waals surface area contributed by atoms with Crippen molar-refractivity contribution in [3.63, 3.8) is 0 Å². The van der Waals surface area contributed by atoms with E-state index < -0.39 is 28.5 Å². The molecule has 0 spiro atoms. The molecule has 0 aliphatic carbocycles. The predicted octanol–water partition coefficient (Wildman–Crippen LogP) is 5.32. The van der Waals surface area contributed by atoms with Gasteiger partial charge in [-0.1, -0.05) is 91.1 Å². The molecule has 0 aromatic heterocycles. The molecule has 7 nitrogen and oxygen atoms in total. The molecule has 0 unspecified atom stereocenters. The lowest BCUT2D eigenvalue weighted by atomic mass is 10.0. The van der Waals surface area contributed by atoms with Gasteiger partial charge in [-0.05, 0) is 36.2 Å². The molecule has 0 fully saturated rings. The lowest BCUT2D eigenvalue weighted by Crippen LogP contribution is -2.53. The quantitative estimate of drug-likeness (QED) is 0.273. The molecule has 3 rings (SSSR count). The van der Waals surface area contributed by atoms with Crippen LogP contribution in [-0.4, -0.2) is 50.5 Å². The van der Waals surface area contributed by atoms with Gasteiger partial charge < -0.3 is 10.2 Å². The number of amides is 2. The average molecular weight is 591 g/mol. The minimum Gasteiger partial charge on any atom is -0.354 e. The van der Waals surface area contributed by atoms with Gasteiger partial charge in [-0.2, -0.15) is 0 Å². The van der Waals surface area contributed by atoms with E-state index in [1.807, 2.05) is 37.3 Å². The molecular formula is C29H33Cl2N3O4S. The van der Waals surface area contributed by atoms with Crippen LogP contribution < -0.4 is 9.62 Å². The Morgan fingerprint density at radius 3 is 2.05 bits per heavy atom. The number of unbranched alkanes of at least 4 members (excludes halogenated alkanes) is 1. The molecule has 39 heavy (non-hydrogen) atoms. The molecule has 0 bridgehead atoms. The van der Waals surface area contributed by atoms with Crippen molar-refractivity contribution in [2.45, 2.75) is 38.8 Å². The van der Waals surface area contributed by atoms with Gasteiger partial charge in [0, 0.05) is 35.1 Å². The highest BCUT2D eigenvalue weighted by atomic mass is 35.5. The van der Waals surface area contributed by atoms with Crippen molar-refractivity contribution in [1.82, 2.24) is 10.2 Å². The Balaban J connectivity index is 2.06.